The molecule has 1 aromatic heterocycles. The first-order valence-electron chi connectivity index (χ1n) is 12.4. The first kappa shape index (κ1) is 25.2. The van der Waals surface area contributed by atoms with Crippen LogP contribution < -0.4 is 14.4 Å². The highest BCUT2D eigenvalue weighted by atomic mass is 19.1. The Labute approximate surface area is 227 Å². The zero-order valence-corrected chi connectivity index (χ0v) is 21.4. The zero-order chi connectivity index (χ0) is 28.0. The quantitative estimate of drug-likeness (QED) is 0.417. The second-order valence-electron chi connectivity index (χ2n) is 9.27. The van der Waals surface area contributed by atoms with Crippen molar-refractivity contribution in [1.29, 1.82) is 0 Å². The molecule has 4 heterocycles. The van der Waals surface area contributed by atoms with Gasteiger partial charge in [-0.3, -0.25) is 19.4 Å². The standard InChI is InChI=1S/C27H23FN6O6/c1-38-21-9-8-15(11-22(21)39-2)18-13-19(20-7-4-10-40-20)34(30-18)23(35)14-32-25-24(29-31-32)26(36)33(27(25)37)17-6-3-5-16(28)12-17/h3-12,19,24-25H,13-14H2,1-2H3/t19-,24+,25+/m1/s1. The van der Waals surface area contributed by atoms with Gasteiger partial charge in [-0.1, -0.05) is 11.3 Å². The van der Waals surface area contributed by atoms with Crippen molar-refractivity contribution in [3.05, 3.63) is 78.0 Å². The predicted molar refractivity (Wildman–Crippen MR) is 137 cm³/mol. The van der Waals surface area contributed by atoms with Crippen LogP contribution in [0.1, 0.15) is 23.8 Å². The summed E-state index contributed by atoms with van der Waals surface area (Å²) >= 11 is 0. The molecule has 0 bridgehead atoms. The Kier molecular flexibility index (Phi) is 6.25. The van der Waals surface area contributed by atoms with Crippen molar-refractivity contribution in [2.45, 2.75) is 24.5 Å². The molecule has 12 nitrogen and oxygen atoms in total. The predicted octanol–water partition coefficient (Wildman–Crippen LogP) is 3.11. The van der Waals surface area contributed by atoms with Gasteiger partial charge in [0.1, 0.15) is 24.2 Å². The topological polar surface area (TPSA) is 130 Å². The van der Waals surface area contributed by atoms with Crippen molar-refractivity contribution in [3.8, 4) is 11.5 Å². The highest BCUT2D eigenvalue weighted by Crippen LogP contribution is 2.37. The average molecular weight is 547 g/mol. The van der Waals surface area contributed by atoms with Gasteiger partial charge in [-0.2, -0.15) is 10.2 Å². The molecule has 6 rings (SSSR count). The molecule has 2 aromatic carbocycles. The molecule has 3 aromatic rings. The van der Waals surface area contributed by atoms with Gasteiger partial charge in [-0.25, -0.2) is 14.3 Å². The average Bonchev–Trinajstić information content (AvgIpc) is 3.75. The summed E-state index contributed by atoms with van der Waals surface area (Å²) in [6.07, 6.45) is 1.86. The van der Waals surface area contributed by atoms with Crippen molar-refractivity contribution in [3.63, 3.8) is 0 Å². The summed E-state index contributed by atoms with van der Waals surface area (Å²) in [5.74, 6) is -0.765. The molecule has 40 heavy (non-hydrogen) atoms. The smallest absolute Gasteiger partial charge is 0.264 e. The highest BCUT2D eigenvalue weighted by molar-refractivity contribution is 6.25. The van der Waals surface area contributed by atoms with Crippen LogP contribution in [0, 0.1) is 5.82 Å². The Morgan fingerprint density at radius 3 is 2.60 bits per heavy atom. The maximum Gasteiger partial charge on any atom is 0.264 e. The minimum Gasteiger partial charge on any atom is -0.493 e. The highest BCUT2D eigenvalue weighted by Gasteiger charge is 2.55. The number of benzene rings is 2. The lowest BCUT2D eigenvalue weighted by molar-refractivity contribution is -0.135. The van der Waals surface area contributed by atoms with Crippen LogP contribution in [-0.4, -0.2) is 66.3 Å². The molecular weight excluding hydrogens is 523 g/mol. The molecule has 3 amide bonds. The van der Waals surface area contributed by atoms with Crippen molar-refractivity contribution >= 4 is 29.1 Å². The van der Waals surface area contributed by atoms with E-state index in [0.717, 1.165) is 16.5 Å². The van der Waals surface area contributed by atoms with Gasteiger partial charge < -0.3 is 13.9 Å². The third-order valence-electron chi connectivity index (χ3n) is 6.98. The van der Waals surface area contributed by atoms with E-state index in [-0.39, 0.29) is 12.2 Å². The Morgan fingerprint density at radius 1 is 1.05 bits per heavy atom. The first-order chi connectivity index (χ1) is 19.4. The van der Waals surface area contributed by atoms with Crippen molar-refractivity contribution in [2.24, 2.45) is 15.4 Å². The largest absolute Gasteiger partial charge is 0.493 e. The van der Waals surface area contributed by atoms with E-state index < -0.39 is 41.7 Å². The number of hydrogen-bond donors (Lipinski definition) is 0. The lowest BCUT2D eigenvalue weighted by atomic mass is 10.0. The van der Waals surface area contributed by atoms with Gasteiger partial charge in [0.15, 0.2) is 23.6 Å². The molecule has 1 fully saturated rings. The lowest BCUT2D eigenvalue weighted by Gasteiger charge is -2.24. The SMILES string of the molecule is COc1ccc(C2=NN(C(=O)CN3N=N[C@@H]4C(=O)N(c5cccc(F)c5)C(=O)[C@H]43)[C@@H](c3ccco3)C2)cc1OC. The molecule has 13 heteroatoms. The van der Waals surface area contributed by atoms with Gasteiger partial charge in [-0.05, 0) is 48.5 Å². The summed E-state index contributed by atoms with van der Waals surface area (Å²) in [4.78, 5) is 40.7. The summed E-state index contributed by atoms with van der Waals surface area (Å²) in [6, 6.07) is 11.2. The molecule has 3 atom stereocenters. The van der Waals surface area contributed by atoms with Gasteiger partial charge in [0, 0.05) is 12.0 Å². The van der Waals surface area contributed by atoms with Crippen LogP contribution in [0.15, 0.2) is 80.7 Å². The number of furan rings is 1. The van der Waals surface area contributed by atoms with Crippen LogP contribution in [0.25, 0.3) is 0 Å². The van der Waals surface area contributed by atoms with Gasteiger partial charge in [0.05, 0.1) is 31.9 Å². The number of fused-ring (bicyclic) bond motifs is 1. The van der Waals surface area contributed by atoms with Crippen molar-refractivity contribution < 1.29 is 32.7 Å². The number of halogens is 1. The van der Waals surface area contributed by atoms with Gasteiger partial charge in [0.25, 0.3) is 17.7 Å². The number of imide groups is 1. The molecule has 204 valence electrons. The Morgan fingerprint density at radius 2 is 1.88 bits per heavy atom. The number of carbonyl (C=O) groups is 3. The summed E-state index contributed by atoms with van der Waals surface area (Å²) in [7, 11) is 3.07. The van der Waals surface area contributed by atoms with E-state index in [9.17, 15) is 18.8 Å². The monoisotopic (exact) mass is 546 g/mol. The third kappa shape index (κ3) is 4.15. The number of ether oxygens (including phenoxy) is 2. The Hall–Kier alpha value is -5.07. The number of anilines is 1. The van der Waals surface area contributed by atoms with Gasteiger partial charge >= 0.3 is 0 Å². The molecule has 0 spiro atoms. The molecule has 1 saturated heterocycles. The normalized spacial score (nSPS) is 21.7. The zero-order valence-electron chi connectivity index (χ0n) is 21.4. The first-order valence-corrected chi connectivity index (χ1v) is 12.4. The minimum atomic E-state index is -1.13. The van der Waals surface area contributed by atoms with E-state index in [1.807, 2.05) is 6.07 Å². The Bertz CT molecular complexity index is 1560. The maximum atomic E-state index is 13.8. The van der Waals surface area contributed by atoms with Crippen molar-refractivity contribution in [2.75, 3.05) is 25.7 Å². The lowest BCUT2D eigenvalue weighted by Crippen LogP contribution is -2.44. The van der Waals surface area contributed by atoms with Crippen LogP contribution in [0.2, 0.25) is 0 Å². The van der Waals surface area contributed by atoms with E-state index in [2.05, 4.69) is 15.4 Å². The van der Waals surface area contributed by atoms with Crippen LogP contribution >= 0.6 is 0 Å². The van der Waals surface area contributed by atoms with Gasteiger partial charge in [0.2, 0.25) is 0 Å². The van der Waals surface area contributed by atoms with Crippen molar-refractivity contribution in [1.82, 2.24) is 10.0 Å². The fourth-order valence-corrected chi connectivity index (χ4v) is 5.07. The number of hydrogen-bond acceptors (Lipinski definition) is 10. The number of methoxy groups -OCH3 is 2. The molecular formula is C27H23FN6O6. The molecule has 0 aliphatic carbocycles. The number of hydrazone groups is 1. The van der Waals surface area contributed by atoms with Gasteiger partial charge in [-0.15, -0.1) is 0 Å². The molecule has 0 N–H and O–H groups in total. The molecule has 3 aliphatic heterocycles. The molecule has 0 saturated carbocycles. The number of amides is 3. The number of nitrogens with zero attached hydrogens (tertiary/aromatic N) is 6. The summed E-state index contributed by atoms with van der Waals surface area (Å²) in [6.45, 7) is -0.374. The second kappa shape index (κ2) is 9.91. The molecule has 0 unspecified atom stereocenters. The molecule has 3 aliphatic rings. The second-order valence-corrected chi connectivity index (χ2v) is 9.27. The molecule has 0 radical (unpaired) electrons. The number of rotatable bonds is 7. The number of carbonyl (C=O) groups excluding carboxylic acids is 3. The maximum absolute atomic E-state index is 13.8. The van der Waals surface area contributed by atoms with Crippen LogP contribution in [0.4, 0.5) is 10.1 Å². The summed E-state index contributed by atoms with van der Waals surface area (Å²) in [5.41, 5.74) is 1.43. The van der Waals surface area contributed by atoms with Crippen LogP contribution in [-0.2, 0) is 14.4 Å². The summed E-state index contributed by atoms with van der Waals surface area (Å²) in [5, 5.41) is 15.0. The van der Waals surface area contributed by atoms with E-state index in [0.29, 0.717) is 29.4 Å². The van der Waals surface area contributed by atoms with E-state index >= 15 is 0 Å². The summed E-state index contributed by atoms with van der Waals surface area (Å²) < 4.78 is 30.1. The Balaban J connectivity index is 1.26. The van der Waals surface area contributed by atoms with E-state index in [1.165, 1.54) is 48.7 Å². The fourth-order valence-electron chi connectivity index (χ4n) is 5.07. The van der Waals surface area contributed by atoms with Crippen LogP contribution in [0.3, 0.4) is 0 Å². The van der Waals surface area contributed by atoms with E-state index in [1.54, 1.807) is 24.3 Å². The van der Waals surface area contributed by atoms with E-state index in [4.69, 9.17) is 13.9 Å². The fraction of sp³-hybridized carbons (Fsp3) is 0.259. The van der Waals surface area contributed by atoms with Crippen LogP contribution in [0.5, 0.6) is 11.5 Å². The minimum absolute atomic E-state index is 0.0902. The third-order valence-corrected chi connectivity index (χ3v) is 6.98.